The van der Waals surface area contributed by atoms with Crippen LogP contribution in [0.1, 0.15) is 64.7 Å². The predicted octanol–water partition coefficient (Wildman–Crippen LogP) is 0.641. The Kier molecular flexibility index (Phi) is 9.90. The smallest absolute Gasteiger partial charge is 0.338 e. The third-order valence-corrected chi connectivity index (χ3v) is 4.31. The number of aliphatic hydroxyl groups excluding tert-OH is 3. The van der Waals surface area contributed by atoms with Crippen molar-refractivity contribution in [2.45, 2.75) is 89.1 Å². The standard InChI is InChI=1S/C17H31NO6/c1-2-3-4-5-6-7-8-9-10-11-18-16(22)14(21)15-12(19)13(20)17(23)24-15/h12-15,19-21H,2-11H2,1H3,(H,18,22)/t12-,13+,14-,15+/m1/s1. The van der Waals surface area contributed by atoms with E-state index in [1.54, 1.807) is 0 Å². The lowest BCUT2D eigenvalue weighted by Gasteiger charge is -2.19. The fraction of sp³-hybridized carbons (Fsp3) is 0.882. The summed E-state index contributed by atoms with van der Waals surface area (Å²) in [7, 11) is 0. The zero-order valence-corrected chi connectivity index (χ0v) is 14.4. The molecule has 1 rings (SSSR count). The molecular weight excluding hydrogens is 314 g/mol. The molecular formula is C17H31NO6. The highest BCUT2D eigenvalue weighted by Gasteiger charge is 2.48. The van der Waals surface area contributed by atoms with Crippen LogP contribution in [0.3, 0.4) is 0 Å². The van der Waals surface area contributed by atoms with E-state index in [-0.39, 0.29) is 0 Å². The Hall–Kier alpha value is -1.18. The van der Waals surface area contributed by atoms with Gasteiger partial charge in [0, 0.05) is 6.54 Å². The Morgan fingerprint density at radius 1 is 1.08 bits per heavy atom. The first-order valence-corrected chi connectivity index (χ1v) is 9.01. The number of unbranched alkanes of at least 4 members (excludes halogenated alkanes) is 8. The topological polar surface area (TPSA) is 116 Å². The van der Waals surface area contributed by atoms with Crippen molar-refractivity contribution in [3.05, 3.63) is 0 Å². The summed E-state index contributed by atoms with van der Waals surface area (Å²) in [5.74, 6) is -1.74. The number of ether oxygens (including phenoxy) is 1. The van der Waals surface area contributed by atoms with Gasteiger partial charge >= 0.3 is 5.97 Å². The maximum Gasteiger partial charge on any atom is 0.338 e. The largest absolute Gasteiger partial charge is 0.454 e. The van der Waals surface area contributed by atoms with E-state index in [1.807, 2.05) is 0 Å². The molecule has 0 aromatic rings. The van der Waals surface area contributed by atoms with Crippen molar-refractivity contribution < 1.29 is 29.6 Å². The summed E-state index contributed by atoms with van der Waals surface area (Å²) in [5.41, 5.74) is 0. The fourth-order valence-corrected chi connectivity index (χ4v) is 2.74. The van der Waals surface area contributed by atoms with E-state index < -0.39 is 36.3 Å². The first-order chi connectivity index (χ1) is 11.5. The van der Waals surface area contributed by atoms with Gasteiger partial charge in [-0.1, -0.05) is 58.3 Å². The number of rotatable bonds is 12. The molecule has 0 aromatic heterocycles. The van der Waals surface area contributed by atoms with Gasteiger partial charge in [0.05, 0.1) is 0 Å². The van der Waals surface area contributed by atoms with Crippen molar-refractivity contribution >= 4 is 11.9 Å². The number of hydrogen-bond donors (Lipinski definition) is 4. The van der Waals surface area contributed by atoms with E-state index in [4.69, 9.17) is 0 Å². The van der Waals surface area contributed by atoms with E-state index in [0.717, 1.165) is 19.3 Å². The molecule has 0 unspecified atom stereocenters. The average Bonchev–Trinajstić information content (AvgIpc) is 2.83. The normalized spacial score (nSPS) is 24.7. The second-order valence-electron chi connectivity index (χ2n) is 6.40. The molecule has 1 aliphatic rings. The van der Waals surface area contributed by atoms with Gasteiger partial charge in [0.2, 0.25) is 0 Å². The number of aliphatic hydroxyl groups is 3. The molecule has 0 spiro atoms. The van der Waals surface area contributed by atoms with Crippen molar-refractivity contribution in [1.29, 1.82) is 0 Å². The molecule has 7 nitrogen and oxygen atoms in total. The van der Waals surface area contributed by atoms with Gasteiger partial charge in [0.25, 0.3) is 5.91 Å². The van der Waals surface area contributed by atoms with Crippen LogP contribution in [0.15, 0.2) is 0 Å². The lowest BCUT2D eigenvalue weighted by molar-refractivity contribution is -0.153. The van der Waals surface area contributed by atoms with E-state index in [0.29, 0.717) is 6.54 Å². The molecule has 1 aliphatic heterocycles. The Bertz CT molecular complexity index is 389. The number of cyclic esters (lactones) is 1. The predicted molar refractivity (Wildman–Crippen MR) is 88.1 cm³/mol. The molecule has 0 bridgehead atoms. The second-order valence-corrected chi connectivity index (χ2v) is 6.40. The van der Waals surface area contributed by atoms with Crippen molar-refractivity contribution in [3.63, 3.8) is 0 Å². The minimum atomic E-state index is -1.71. The SMILES string of the molecule is CCCCCCCCCCCNC(=O)[C@H](O)[C@H]1OC(=O)[C@@H](O)[C@H]1O. The molecule has 1 saturated heterocycles. The molecule has 0 saturated carbocycles. The quantitative estimate of drug-likeness (QED) is 0.305. The summed E-state index contributed by atoms with van der Waals surface area (Å²) in [5, 5.41) is 31.2. The summed E-state index contributed by atoms with van der Waals surface area (Å²) in [6.45, 7) is 2.62. The summed E-state index contributed by atoms with van der Waals surface area (Å²) in [4.78, 5) is 22.9. The highest BCUT2D eigenvalue weighted by atomic mass is 16.6. The summed E-state index contributed by atoms with van der Waals surface area (Å²) in [6, 6.07) is 0. The van der Waals surface area contributed by atoms with Crippen LogP contribution in [-0.2, 0) is 14.3 Å². The Labute approximate surface area is 143 Å². The number of carbonyl (C=O) groups excluding carboxylic acids is 2. The second kappa shape index (κ2) is 11.4. The highest BCUT2D eigenvalue weighted by Crippen LogP contribution is 2.19. The molecule has 0 aromatic carbocycles. The van der Waals surface area contributed by atoms with Crippen LogP contribution in [0.2, 0.25) is 0 Å². The third-order valence-electron chi connectivity index (χ3n) is 4.31. The molecule has 140 valence electrons. The van der Waals surface area contributed by atoms with Crippen LogP contribution in [0, 0.1) is 0 Å². The third kappa shape index (κ3) is 6.75. The van der Waals surface area contributed by atoms with Crippen LogP contribution >= 0.6 is 0 Å². The van der Waals surface area contributed by atoms with Crippen LogP contribution in [-0.4, -0.2) is 58.2 Å². The van der Waals surface area contributed by atoms with Crippen molar-refractivity contribution in [2.24, 2.45) is 0 Å². The van der Waals surface area contributed by atoms with Crippen LogP contribution in [0.25, 0.3) is 0 Å². The zero-order valence-electron chi connectivity index (χ0n) is 14.4. The van der Waals surface area contributed by atoms with Gasteiger partial charge < -0.3 is 25.4 Å². The van der Waals surface area contributed by atoms with Gasteiger partial charge in [-0.2, -0.15) is 0 Å². The number of hydrogen-bond acceptors (Lipinski definition) is 6. The molecule has 0 aliphatic carbocycles. The molecule has 24 heavy (non-hydrogen) atoms. The minimum Gasteiger partial charge on any atom is -0.454 e. The number of nitrogens with one attached hydrogen (secondary N) is 1. The molecule has 4 N–H and O–H groups in total. The van der Waals surface area contributed by atoms with Crippen LogP contribution in [0.4, 0.5) is 0 Å². The van der Waals surface area contributed by atoms with Crippen LogP contribution in [0.5, 0.6) is 0 Å². The van der Waals surface area contributed by atoms with E-state index in [2.05, 4.69) is 17.0 Å². The molecule has 7 heteroatoms. The molecule has 1 heterocycles. The minimum absolute atomic E-state index is 0.422. The van der Waals surface area contributed by atoms with Gasteiger partial charge in [-0.15, -0.1) is 0 Å². The summed E-state index contributed by atoms with van der Waals surface area (Å²) < 4.78 is 4.62. The van der Waals surface area contributed by atoms with Crippen molar-refractivity contribution in [2.75, 3.05) is 6.54 Å². The maximum absolute atomic E-state index is 11.8. The van der Waals surface area contributed by atoms with Crippen LogP contribution < -0.4 is 5.32 Å². The Morgan fingerprint density at radius 2 is 1.62 bits per heavy atom. The summed E-state index contributed by atoms with van der Waals surface area (Å²) >= 11 is 0. The molecule has 1 amide bonds. The van der Waals surface area contributed by atoms with Gasteiger partial charge in [-0.3, -0.25) is 4.79 Å². The van der Waals surface area contributed by atoms with Gasteiger partial charge in [0.1, 0.15) is 6.10 Å². The molecule has 1 fully saturated rings. The average molecular weight is 345 g/mol. The first-order valence-electron chi connectivity index (χ1n) is 9.01. The lowest BCUT2D eigenvalue weighted by Crippen LogP contribution is -2.47. The van der Waals surface area contributed by atoms with Crippen molar-refractivity contribution in [1.82, 2.24) is 5.32 Å². The molecule has 0 radical (unpaired) electrons. The Morgan fingerprint density at radius 3 is 2.12 bits per heavy atom. The monoisotopic (exact) mass is 345 g/mol. The van der Waals surface area contributed by atoms with Crippen molar-refractivity contribution in [3.8, 4) is 0 Å². The van der Waals surface area contributed by atoms with E-state index in [9.17, 15) is 24.9 Å². The number of esters is 1. The van der Waals surface area contributed by atoms with E-state index in [1.165, 1.54) is 38.5 Å². The maximum atomic E-state index is 11.8. The van der Waals surface area contributed by atoms with E-state index >= 15 is 0 Å². The van der Waals surface area contributed by atoms with Gasteiger partial charge in [-0.05, 0) is 6.42 Å². The highest BCUT2D eigenvalue weighted by molar-refractivity contribution is 5.84. The first kappa shape index (κ1) is 20.9. The Balaban J connectivity index is 2.06. The fourth-order valence-electron chi connectivity index (χ4n) is 2.74. The summed E-state index contributed by atoms with van der Waals surface area (Å²) in [6.07, 6.45) is 4.11. The number of amides is 1. The zero-order chi connectivity index (χ0) is 17.9. The van der Waals surface area contributed by atoms with Gasteiger partial charge in [-0.25, -0.2) is 4.79 Å². The van der Waals surface area contributed by atoms with Gasteiger partial charge in [0.15, 0.2) is 18.3 Å². The lowest BCUT2D eigenvalue weighted by atomic mass is 10.1. The molecule has 4 atom stereocenters. The number of carbonyl (C=O) groups is 2.